The second kappa shape index (κ2) is 7.01. The maximum atomic E-state index is 13.4. The first kappa shape index (κ1) is 21.4. The van der Waals surface area contributed by atoms with E-state index in [0.717, 1.165) is 30.6 Å². The average molecular weight is 506 g/mol. The maximum absolute atomic E-state index is 13.4. The summed E-state index contributed by atoms with van der Waals surface area (Å²) in [5, 5.41) is 27.0. The SMILES string of the molecule is COc1ccc(NC(=O)C23CC4CC5N(c6ccc(-c7cc(O)cn8ncc(C#N)c78)cn6)C(C2)C453)cn1. The molecule has 1 aliphatic heterocycles. The van der Waals surface area contributed by atoms with Crippen LogP contribution in [0.1, 0.15) is 24.8 Å². The summed E-state index contributed by atoms with van der Waals surface area (Å²) in [5.74, 6) is 2.19. The lowest BCUT2D eigenvalue weighted by molar-refractivity contribution is -0.347. The smallest absolute Gasteiger partial charge is 0.231 e. The molecule has 2 N–H and O–H groups in total. The van der Waals surface area contributed by atoms with E-state index in [1.165, 1.54) is 16.9 Å². The normalized spacial score (nSPS) is 29.5. The van der Waals surface area contributed by atoms with Crippen LogP contribution in [0.4, 0.5) is 11.5 Å². The fourth-order valence-corrected chi connectivity index (χ4v) is 8.08. The summed E-state index contributed by atoms with van der Waals surface area (Å²) in [6.07, 6.45) is 9.27. The van der Waals surface area contributed by atoms with E-state index in [1.54, 1.807) is 31.6 Å². The van der Waals surface area contributed by atoms with Crippen LogP contribution in [0.3, 0.4) is 0 Å². The lowest BCUT2D eigenvalue weighted by Crippen LogP contribution is -2.99. The molecule has 8 rings (SSSR count). The van der Waals surface area contributed by atoms with Gasteiger partial charge in [0.25, 0.3) is 0 Å². The summed E-state index contributed by atoms with van der Waals surface area (Å²) in [6.45, 7) is 0. The van der Waals surface area contributed by atoms with Gasteiger partial charge in [-0.25, -0.2) is 14.5 Å². The first-order chi connectivity index (χ1) is 18.5. The van der Waals surface area contributed by atoms with Crippen molar-refractivity contribution in [3.8, 4) is 28.8 Å². The average Bonchev–Trinajstić information content (AvgIpc) is 3.30. The second-order valence-corrected chi connectivity index (χ2v) is 10.8. The van der Waals surface area contributed by atoms with E-state index in [0.29, 0.717) is 46.2 Å². The van der Waals surface area contributed by atoms with Gasteiger partial charge in [0.05, 0.1) is 47.9 Å². The molecule has 5 heterocycles. The number of rotatable bonds is 5. The number of ether oxygens (including phenoxy) is 1. The molecule has 3 aliphatic carbocycles. The van der Waals surface area contributed by atoms with Crippen LogP contribution in [-0.2, 0) is 4.79 Å². The van der Waals surface area contributed by atoms with Gasteiger partial charge in [-0.2, -0.15) is 10.4 Å². The number of aromatic nitrogens is 4. The molecule has 4 aliphatic rings. The molecule has 4 aromatic heterocycles. The number of aromatic hydroxyl groups is 1. The number of piperidine rings is 2. The van der Waals surface area contributed by atoms with Crippen LogP contribution >= 0.6 is 0 Å². The third-order valence-electron chi connectivity index (χ3n) is 9.60. The summed E-state index contributed by atoms with van der Waals surface area (Å²) in [6, 6.07) is 12.0. The summed E-state index contributed by atoms with van der Waals surface area (Å²) in [7, 11) is 1.57. The highest BCUT2D eigenvalue weighted by Crippen LogP contribution is 2.88. The van der Waals surface area contributed by atoms with E-state index in [9.17, 15) is 15.2 Å². The second-order valence-electron chi connectivity index (χ2n) is 10.8. The van der Waals surface area contributed by atoms with Crippen LogP contribution in [0.15, 0.2) is 55.1 Å². The zero-order valence-electron chi connectivity index (χ0n) is 20.5. The van der Waals surface area contributed by atoms with Gasteiger partial charge in [-0.1, -0.05) is 0 Å². The summed E-state index contributed by atoms with van der Waals surface area (Å²) in [4.78, 5) is 24.8. The molecule has 1 spiro atoms. The van der Waals surface area contributed by atoms with Crippen molar-refractivity contribution < 1.29 is 14.6 Å². The van der Waals surface area contributed by atoms with Crippen molar-refractivity contribution >= 4 is 22.9 Å². The molecular weight excluding hydrogens is 482 g/mol. The number of methoxy groups -OCH3 is 1. The molecular formula is C28H23N7O3. The number of amides is 1. The number of nitrogens with one attached hydrogen (secondary N) is 1. The van der Waals surface area contributed by atoms with E-state index in [-0.39, 0.29) is 22.5 Å². The van der Waals surface area contributed by atoms with Crippen LogP contribution in [0.25, 0.3) is 16.6 Å². The highest BCUT2D eigenvalue weighted by Gasteiger charge is 2.93. The van der Waals surface area contributed by atoms with Crippen LogP contribution in [0.2, 0.25) is 0 Å². The minimum atomic E-state index is -0.301. The van der Waals surface area contributed by atoms with Gasteiger partial charge in [0.1, 0.15) is 17.6 Å². The molecule has 1 saturated heterocycles. The molecule has 10 nitrogen and oxygen atoms in total. The van der Waals surface area contributed by atoms with Crippen molar-refractivity contribution in [2.45, 2.75) is 31.3 Å². The van der Waals surface area contributed by atoms with Gasteiger partial charge in [0, 0.05) is 40.9 Å². The predicted molar refractivity (Wildman–Crippen MR) is 136 cm³/mol. The standard InChI is InChI=1S/C28H23N7O3/c1-38-24-5-3-18(13-31-24)33-26(37)27-8-17-6-21-28(17,27)22(9-27)35(21)23-4-2-15(11-30-23)20-7-19(36)14-34-25(20)16(10-29)12-32-34/h2-5,7,11-14,17,21-22,36H,6,8-9H2,1H3,(H,33,37). The molecule has 0 bridgehead atoms. The van der Waals surface area contributed by atoms with Gasteiger partial charge in [-0.3, -0.25) is 4.79 Å². The number of pyridine rings is 3. The van der Waals surface area contributed by atoms with Crippen molar-refractivity contribution in [1.29, 1.82) is 5.26 Å². The monoisotopic (exact) mass is 505 g/mol. The Balaban J connectivity index is 1.04. The van der Waals surface area contributed by atoms with E-state index >= 15 is 0 Å². The Morgan fingerprint density at radius 2 is 2.08 bits per heavy atom. The molecule has 5 unspecified atom stereocenters. The lowest BCUT2D eigenvalue weighted by Gasteiger charge is -2.92. The Labute approximate surface area is 217 Å². The minimum Gasteiger partial charge on any atom is -0.506 e. The van der Waals surface area contributed by atoms with Gasteiger partial charge >= 0.3 is 0 Å². The molecule has 0 radical (unpaired) electrons. The Kier molecular flexibility index (Phi) is 3.95. The summed E-state index contributed by atoms with van der Waals surface area (Å²) < 4.78 is 6.63. The van der Waals surface area contributed by atoms with Gasteiger partial charge in [-0.15, -0.1) is 0 Å². The van der Waals surface area contributed by atoms with E-state index in [1.807, 2.05) is 18.2 Å². The van der Waals surface area contributed by atoms with Crippen molar-refractivity contribution in [1.82, 2.24) is 19.6 Å². The molecule has 4 aromatic rings. The van der Waals surface area contributed by atoms with Crippen LogP contribution < -0.4 is 15.0 Å². The number of hydrogen-bond donors (Lipinski definition) is 2. The van der Waals surface area contributed by atoms with E-state index in [4.69, 9.17) is 9.72 Å². The number of nitriles is 1. The highest BCUT2D eigenvalue weighted by atomic mass is 16.5. The molecule has 0 aromatic carbocycles. The lowest BCUT2D eigenvalue weighted by atomic mass is 9.18. The fraction of sp³-hybridized carbons (Fsp3) is 0.321. The van der Waals surface area contributed by atoms with Gasteiger partial charge in [0.15, 0.2) is 0 Å². The summed E-state index contributed by atoms with van der Waals surface area (Å²) in [5.41, 5.74) is 3.03. The maximum Gasteiger partial charge on any atom is 0.231 e. The van der Waals surface area contributed by atoms with Gasteiger partial charge < -0.3 is 20.1 Å². The first-order valence-corrected chi connectivity index (χ1v) is 12.7. The molecule has 3 saturated carbocycles. The third-order valence-corrected chi connectivity index (χ3v) is 9.60. The van der Waals surface area contributed by atoms with Gasteiger partial charge in [-0.05, 0) is 49.4 Å². The topological polar surface area (TPSA) is 129 Å². The zero-order chi connectivity index (χ0) is 25.8. The number of fused-ring (bicyclic) bond motifs is 1. The molecule has 1 amide bonds. The van der Waals surface area contributed by atoms with Crippen molar-refractivity contribution in [2.24, 2.45) is 16.7 Å². The molecule has 5 atom stereocenters. The van der Waals surface area contributed by atoms with Crippen molar-refractivity contribution in [3.05, 3.63) is 60.7 Å². The molecule has 188 valence electrons. The van der Waals surface area contributed by atoms with Crippen molar-refractivity contribution in [2.75, 3.05) is 17.3 Å². The Morgan fingerprint density at radius 3 is 2.76 bits per heavy atom. The Bertz CT molecular complexity index is 1680. The number of carbonyl (C=O) groups excluding carboxylic acids is 1. The van der Waals surface area contributed by atoms with Gasteiger partial charge in [0.2, 0.25) is 11.8 Å². The minimum absolute atomic E-state index is 0.0635. The highest BCUT2D eigenvalue weighted by molar-refractivity contribution is 6.00. The number of nitrogens with zero attached hydrogens (tertiary/aromatic N) is 6. The zero-order valence-corrected chi connectivity index (χ0v) is 20.5. The Morgan fingerprint density at radius 1 is 1.18 bits per heavy atom. The van der Waals surface area contributed by atoms with Crippen LogP contribution in [0, 0.1) is 28.1 Å². The first-order valence-electron chi connectivity index (χ1n) is 12.7. The number of carbonyl (C=O) groups is 1. The predicted octanol–water partition coefficient (Wildman–Crippen LogP) is 3.37. The quantitative estimate of drug-likeness (QED) is 0.422. The third kappa shape index (κ3) is 2.33. The number of anilines is 2. The Hall–Kier alpha value is -4.65. The van der Waals surface area contributed by atoms with Crippen molar-refractivity contribution in [3.63, 3.8) is 0 Å². The fourth-order valence-electron chi connectivity index (χ4n) is 8.08. The van der Waals surface area contributed by atoms with E-state index < -0.39 is 0 Å². The number of hydrogen-bond acceptors (Lipinski definition) is 8. The van der Waals surface area contributed by atoms with Crippen LogP contribution in [0.5, 0.6) is 11.6 Å². The van der Waals surface area contributed by atoms with E-state index in [2.05, 4.69) is 26.4 Å². The largest absolute Gasteiger partial charge is 0.506 e. The summed E-state index contributed by atoms with van der Waals surface area (Å²) >= 11 is 0. The molecule has 38 heavy (non-hydrogen) atoms. The van der Waals surface area contributed by atoms with Crippen LogP contribution in [-0.4, -0.2) is 49.8 Å². The molecule has 10 heteroatoms. The molecule has 4 fully saturated rings.